The van der Waals surface area contributed by atoms with Gasteiger partial charge < -0.3 is 109 Å². The highest BCUT2D eigenvalue weighted by atomic mass is 32.3. The molecule has 29 nitrogen and oxygen atoms in total. The highest BCUT2D eigenvalue weighted by Gasteiger charge is 2.57. The van der Waals surface area contributed by atoms with Gasteiger partial charge in [-0.05, 0) is 43.4 Å². The van der Waals surface area contributed by atoms with Crippen LogP contribution >= 0.6 is 0 Å². The molecule has 4 heterocycles. The van der Waals surface area contributed by atoms with Crippen LogP contribution in [0.5, 0.6) is 5.75 Å². The number of unbranched alkanes of at least 4 members (excludes halogenated alkanes) is 5. The minimum absolute atomic E-state index is 0.216. The Morgan fingerprint density at radius 2 is 1.14 bits per heavy atom. The van der Waals surface area contributed by atoms with Gasteiger partial charge >= 0.3 is 0 Å². The average Bonchev–Trinajstić information content (AvgIpc) is 3.57. The molecule has 30 heteroatoms. The van der Waals surface area contributed by atoms with Crippen LogP contribution in [0.1, 0.15) is 85.1 Å². The van der Waals surface area contributed by atoms with Gasteiger partial charge in [0.25, 0.3) is 0 Å². The Morgan fingerprint density at radius 3 is 1.65 bits per heavy atom. The lowest BCUT2D eigenvalue weighted by molar-refractivity contribution is -0.364. The van der Waals surface area contributed by atoms with Crippen LogP contribution in [0.4, 0.5) is 0 Å². The molecular weight excluding hydrogens is 1090 g/mol. The van der Waals surface area contributed by atoms with Crippen molar-refractivity contribution < 1.29 is 120 Å². The van der Waals surface area contributed by atoms with E-state index in [-0.39, 0.29) is 6.54 Å². The maximum atomic E-state index is 13.6. The van der Waals surface area contributed by atoms with Crippen molar-refractivity contribution in [1.82, 2.24) is 20.9 Å². The van der Waals surface area contributed by atoms with E-state index in [2.05, 4.69) is 39.2 Å². The summed E-state index contributed by atoms with van der Waals surface area (Å²) < 4.78 is 86.3. The second-order valence-electron chi connectivity index (χ2n) is 20.0. The molecule has 4 aliphatic rings. The molecule has 9 unspecified atom stereocenters. The Labute approximate surface area is 463 Å². The molecule has 0 radical (unpaired) electrons. The summed E-state index contributed by atoms with van der Waals surface area (Å²) in [6, 6.07) is 0.0495. The second kappa shape index (κ2) is 31.5. The monoisotopic (exact) mass is 1170 g/mol. The summed E-state index contributed by atoms with van der Waals surface area (Å²) >= 11 is 0. The van der Waals surface area contributed by atoms with Crippen molar-refractivity contribution in [2.75, 3.05) is 33.0 Å². The average molecular weight is 1170 g/mol. The number of aliphatic hydroxyl groups excluding tert-OH is 9. The lowest BCUT2D eigenvalue weighted by Gasteiger charge is -2.51. The summed E-state index contributed by atoms with van der Waals surface area (Å²) in [5, 5.41) is 108. The quantitative estimate of drug-likeness (QED) is 0.0164. The summed E-state index contributed by atoms with van der Waals surface area (Å²) in [4.78, 5) is 52.1. The van der Waals surface area contributed by atoms with E-state index in [1.807, 2.05) is 0 Å². The van der Waals surface area contributed by atoms with Gasteiger partial charge in [0, 0.05) is 34.2 Å². The summed E-state index contributed by atoms with van der Waals surface area (Å²) in [5.41, 5.74) is 0.520. The Hall–Kier alpha value is -4.13. The van der Waals surface area contributed by atoms with Gasteiger partial charge in [0.15, 0.2) is 25.2 Å². The maximum Gasteiger partial charge on any atom is 0.220 e. The molecule has 5 rings (SSSR count). The number of aliphatic hydroxyl groups is 9. The summed E-state index contributed by atoms with van der Waals surface area (Å²) in [5.74, 6) is -2.58. The van der Waals surface area contributed by atoms with Gasteiger partial charge in [-0.1, -0.05) is 50.5 Å². The molecule has 1 aromatic carbocycles. The summed E-state index contributed by atoms with van der Waals surface area (Å²) in [7, 11) is -5.42. The second-order valence-corrected chi connectivity index (χ2v) is 21.0. The van der Waals surface area contributed by atoms with E-state index in [0.29, 0.717) is 17.9 Å². The van der Waals surface area contributed by atoms with Gasteiger partial charge in [-0.2, -0.15) is 0 Å². The minimum atomic E-state index is -5.42. The summed E-state index contributed by atoms with van der Waals surface area (Å²) in [6.45, 7) is 2.55. The van der Waals surface area contributed by atoms with E-state index < -0.39 is 183 Å². The standard InChI is InChI=1S/C50H80N4O25S/c1-6-7-8-9-10-11-12-13-14-18-71-30-17-15-16-29(19-30)20-54(28(5)61)38-43(66)39(62)31(21-55)74-50(38)79-45-33(23-57)76-48(37(42(45)65)53-27(4)60)77-44-32(22-56)75-49(36(41(44)64)52-26(3)59)78-46-34(24-72-80(68,69)70)73-47(67)35(40(46)63)51-25(2)58/h11-12,15-17,19,31-50,55-57,62-67H,6-10,13-14,18,20-24H2,1-5H3,(H,51,58)(H,52,59)(H,53,60)(H,68,69,70)/p-1/b12-11-/t31?,32?,33-,34-,35?,36?,37?,38?,39+,40?,41-,42?,43-,44+,45-,46-,47?,48-,49+,50+/m1/s1. The van der Waals surface area contributed by atoms with Crippen LogP contribution in [-0.4, -0.2) is 243 Å². The molecule has 456 valence electrons. The van der Waals surface area contributed by atoms with Gasteiger partial charge in [0.05, 0.1) is 33.0 Å². The number of rotatable bonds is 28. The van der Waals surface area contributed by atoms with Crippen LogP contribution in [0.2, 0.25) is 0 Å². The predicted octanol–water partition coefficient (Wildman–Crippen LogP) is -4.09. The lowest BCUT2D eigenvalue weighted by atomic mass is 9.92. The van der Waals surface area contributed by atoms with Crippen LogP contribution in [0.15, 0.2) is 36.4 Å². The number of carbonyl (C=O) groups is 4. The van der Waals surface area contributed by atoms with Crippen molar-refractivity contribution in [1.29, 1.82) is 0 Å². The predicted molar refractivity (Wildman–Crippen MR) is 270 cm³/mol. The maximum absolute atomic E-state index is 13.6. The van der Waals surface area contributed by atoms with Crippen LogP contribution in [0, 0.1) is 0 Å². The molecule has 0 bridgehead atoms. The van der Waals surface area contributed by atoms with Gasteiger partial charge in [-0.15, -0.1) is 0 Å². The Kier molecular flexibility index (Phi) is 26.3. The van der Waals surface area contributed by atoms with E-state index in [4.69, 9.17) is 37.9 Å². The fraction of sp³-hybridized carbons (Fsp3) is 0.760. The number of nitrogens with one attached hydrogen (secondary N) is 3. The topological polar surface area (TPSA) is 430 Å². The van der Waals surface area contributed by atoms with Gasteiger partial charge in [-0.25, -0.2) is 8.42 Å². The van der Waals surface area contributed by atoms with Crippen LogP contribution in [0.25, 0.3) is 0 Å². The third kappa shape index (κ3) is 18.4. The zero-order valence-electron chi connectivity index (χ0n) is 45.1. The molecule has 4 aliphatic heterocycles. The van der Waals surface area contributed by atoms with E-state index in [9.17, 15) is 78.1 Å². The first kappa shape index (κ1) is 66.7. The van der Waals surface area contributed by atoms with E-state index in [1.54, 1.807) is 24.3 Å². The molecule has 20 atom stereocenters. The van der Waals surface area contributed by atoms with Gasteiger partial charge in [-0.3, -0.25) is 23.4 Å². The molecule has 0 aliphatic carbocycles. The van der Waals surface area contributed by atoms with Crippen molar-refractivity contribution in [3.8, 4) is 5.75 Å². The number of benzene rings is 1. The highest BCUT2D eigenvalue weighted by molar-refractivity contribution is 7.80. The fourth-order valence-corrected chi connectivity index (χ4v) is 10.2. The number of carbonyl (C=O) groups excluding carboxylic acids is 4. The SMILES string of the molecule is CCCCCC/C=C\CCCOc1cccc(CN(C(C)=O)C2[C@H](O[C@H]3C(O)C(NC(C)=O)[C@@H](O[C@H]4C(CO)O[C@@H](O[C@H]5C(O)C(NC(C)=O)C(O)O[C@@H]5COS(=O)(=O)[O-])C(NC(C)=O)[C@H]4O)O[C@@H]3CO)OC(CO)[C@H](O)[C@@H]2O)c1. The first-order chi connectivity index (χ1) is 37.9. The zero-order valence-corrected chi connectivity index (χ0v) is 45.9. The Bertz CT molecular complexity index is 2270. The first-order valence-electron chi connectivity index (χ1n) is 26.5. The number of hydrogen-bond acceptors (Lipinski definition) is 25. The number of allylic oxidation sites excluding steroid dienone is 2. The third-order valence-corrected chi connectivity index (χ3v) is 14.2. The molecule has 0 saturated carbocycles. The molecule has 4 saturated heterocycles. The largest absolute Gasteiger partial charge is 0.726 e. The Balaban J connectivity index is 1.38. The zero-order chi connectivity index (χ0) is 59.0. The third-order valence-electron chi connectivity index (χ3n) is 13.8. The van der Waals surface area contributed by atoms with Crippen LogP contribution in [-0.2, 0) is 73.5 Å². The molecule has 12 N–H and O–H groups in total. The van der Waals surface area contributed by atoms with Gasteiger partial charge in [0.2, 0.25) is 34.0 Å². The van der Waals surface area contributed by atoms with Crippen molar-refractivity contribution >= 4 is 34.0 Å². The normalized spacial score (nSPS) is 34.8. The number of ether oxygens (including phenoxy) is 8. The Morgan fingerprint density at radius 1 is 0.637 bits per heavy atom. The van der Waals surface area contributed by atoms with Crippen molar-refractivity contribution in [3.05, 3.63) is 42.0 Å². The fourth-order valence-electron chi connectivity index (χ4n) is 9.91. The van der Waals surface area contributed by atoms with Crippen molar-refractivity contribution in [2.45, 2.75) is 209 Å². The van der Waals surface area contributed by atoms with E-state index in [0.717, 1.165) is 51.4 Å². The minimum Gasteiger partial charge on any atom is -0.726 e. The van der Waals surface area contributed by atoms with Crippen molar-refractivity contribution in [3.63, 3.8) is 0 Å². The van der Waals surface area contributed by atoms with Crippen LogP contribution < -0.4 is 20.7 Å². The van der Waals surface area contributed by atoms with E-state index in [1.165, 1.54) is 26.2 Å². The summed E-state index contributed by atoms with van der Waals surface area (Å²) in [6.07, 6.45) is -18.1. The van der Waals surface area contributed by atoms with Gasteiger partial charge in [0.1, 0.15) is 103 Å². The molecule has 4 fully saturated rings. The number of hydrogen-bond donors (Lipinski definition) is 12. The highest BCUT2D eigenvalue weighted by Crippen LogP contribution is 2.36. The molecular formula is C50H79N4O25S-. The van der Waals surface area contributed by atoms with Crippen molar-refractivity contribution in [2.24, 2.45) is 0 Å². The molecule has 1 aromatic rings. The molecule has 4 amide bonds. The first-order valence-corrected chi connectivity index (χ1v) is 27.8. The molecule has 80 heavy (non-hydrogen) atoms. The van der Waals surface area contributed by atoms with E-state index >= 15 is 0 Å². The molecule has 0 aromatic heterocycles. The molecule has 0 spiro atoms. The smallest absolute Gasteiger partial charge is 0.220 e. The lowest BCUT2D eigenvalue weighted by Crippen LogP contribution is -2.71. The number of amides is 4. The van der Waals surface area contributed by atoms with Crippen LogP contribution in [0.3, 0.4) is 0 Å². The number of nitrogens with zero attached hydrogens (tertiary/aromatic N) is 1.